The van der Waals surface area contributed by atoms with Crippen molar-refractivity contribution in [1.82, 2.24) is 15.2 Å². The molecule has 0 fully saturated rings. The average Bonchev–Trinajstić information content (AvgIpc) is 2.96. The van der Waals surface area contributed by atoms with Gasteiger partial charge >= 0.3 is 6.18 Å². The largest absolute Gasteiger partial charge is 0.416 e. The number of rotatable bonds is 4. The van der Waals surface area contributed by atoms with E-state index in [9.17, 15) is 22.4 Å². The Hall–Kier alpha value is -3.20. The third kappa shape index (κ3) is 4.62. The molecule has 0 spiro atoms. The van der Waals surface area contributed by atoms with Gasteiger partial charge in [0.2, 0.25) is 0 Å². The van der Waals surface area contributed by atoms with Crippen molar-refractivity contribution in [2.45, 2.75) is 13.1 Å². The quantitative estimate of drug-likeness (QED) is 0.373. The van der Waals surface area contributed by atoms with Crippen LogP contribution in [0, 0.1) is 12.7 Å². The molecule has 0 saturated carbocycles. The topological polar surface area (TPSA) is 59.3 Å². The van der Waals surface area contributed by atoms with Crippen molar-refractivity contribution >= 4 is 23.7 Å². The van der Waals surface area contributed by atoms with Gasteiger partial charge in [-0.15, -0.1) is 0 Å². The SMILES string of the molecule is Cc1nn(-c2cccc(C(F)(F)F)c2)c(Cl)c1C=NNC(=O)c1ccc(F)cc1. The molecule has 10 heteroatoms. The standard InChI is InChI=1S/C19H13ClF4N4O/c1-11-16(10-25-26-18(29)12-5-7-14(21)8-6-12)17(20)28(27-11)15-4-2-3-13(9-15)19(22,23)24/h2-10H,1H3,(H,26,29). The lowest BCUT2D eigenvalue weighted by atomic mass is 10.2. The summed E-state index contributed by atoms with van der Waals surface area (Å²) in [4.78, 5) is 12.0. The normalized spacial score (nSPS) is 11.8. The Balaban J connectivity index is 1.82. The first kappa shape index (κ1) is 20.5. The first-order valence-electron chi connectivity index (χ1n) is 8.18. The first-order chi connectivity index (χ1) is 13.7. The predicted octanol–water partition coefficient (Wildman–Crippen LogP) is 4.76. The van der Waals surface area contributed by atoms with Crippen LogP contribution in [0.2, 0.25) is 5.15 Å². The lowest BCUT2D eigenvalue weighted by molar-refractivity contribution is -0.137. The minimum absolute atomic E-state index is 0.0293. The van der Waals surface area contributed by atoms with E-state index in [1.807, 2.05) is 0 Å². The molecular weight excluding hydrogens is 412 g/mol. The van der Waals surface area contributed by atoms with Crippen molar-refractivity contribution in [2.24, 2.45) is 5.10 Å². The van der Waals surface area contributed by atoms with Gasteiger partial charge in [0.15, 0.2) is 0 Å². The van der Waals surface area contributed by atoms with E-state index in [4.69, 9.17) is 11.6 Å². The van der Waals surface area contributed by atoms with Crippen LogP contribution in [0.15, 0.2) is 53.6 Å². The molecule has 0 atom stereocenters. The molecule has 1 aromatic heterocycles. The fourth-order valence-corrected chi connectivity index (χ4v) is 2.79. The Bertz CT molecular complexity index is 1070. The summed E-state index contributed by atoms with van der Waals surface area (Å²) >= 11 is 6.25. The summed E-state index contributed by atoms with van der Waals surface area (Å²) in [5.74, 6) is -1.05. The molecule has 0 unspecified atom stereocenters. The van der Waals surface area contributed by atoms with Crippen LogP contribution in [-0.2, 0) is 6.18 Å². The van der Waals surface area contributed by atoms with Gasteiger partial charge in [-0.2, -0.15) is 23.4 Å². The lowest BCUT2D eigenvalue weighted by Crippen LogP contribution is -2.17. The molecule has 5 nitrogen and oxygen atoms in total. The van der Waals surface area contributed by atoms with Crippen LogP contribution >= 0.6 is 11.6 Å². The average molecular weight is 425 g/mol. The number of amides is 1. The molecule has 3 aromatic rings. The third-order valence-corrected chi connectivity index (χ3v) is 4.30. The van der Waals surface area contributed by atoms with Crippen LogP contribution in [0.5, 0.6) is 0 Å². The highest BCUT2D eigenvalue weighted by Crippen LogP contribution is 2.31. The molecule has 150 valence electrons. The van der Waals surface area contributed by atoms with Crippen LogP contribution in [0.4, 0.5) is 17.6 Å². The molecule has 1 amide bonds. The third-order valence-electron chi connectivity index (χ3n) is 3.93. The number of benzene rings is 2. The summed E-state index contributed by atoms with van der Waals surface area (Å²) in [7, 11) is 0. The summed E-state index contributed by atoms with van der Waals surface area (Å²) in [6.07, 6.45) is -3.27. The van der Waals surface area contributed by atoms with E-state index in [-0.39, 0.29) is 16.4 Å². The fraction of sp³-hybridized carbons (Fsp3) is 0.105. The van der Waals surface area contributed by atoms with E-state index in [1.165, 1.54) is 30.5 Å². The van der Waals surface area contributed by atoms with Crippen molar-refractivity contribution in [3.63, 3.8) is 0 Å². The smallest absolute Gasteiger partial charge is 0.267 e. The van der Waals surface area contributed by atoms with E-state index in [0.29, 0.717) is 11.3 Å². The number of carbonyl (C=O) groups is 1. The Morgan fingerprint density at radius 1 is 1.21 bits per heavy atom. The Kier molecular flexibility index (Phi) is 5.69. The molecule has 3 rings (SSSR count). The molecule has 0 bridgehead atoms. The number of nitrogens with zero attached hydrogens (tertiary/aromatic N) is 3. The van der Waals surface area contributed by atoms with Crippen molar-refractivity contribution in [3.05, 3.63) is 81.9 Å². The summed E-state index contributed by atoms with van der Waals surface area (Å²) in [5.41, 5.74) is 2.48. The minimum atomic E-state index is -4.50. The Morgan fingerprint density at radius 2 is 1.90 bits per heavy atom. The second-order valence-corrected chi connectivity index (χ2v) is 6.31. The molecule has 0 aliphatic rings. The molecular formula is C19H13ClF4N4O. The monoisotopic (exact) mass is 424 g/mol. The molecule has 1 heterocycles. The number of halogens is 5. The van der Waals surface area contributed by atoms with Gasteiger partial charge in [-0.25, -0.2) is 14.5 Å². The number of aromatic nitrogens is 2. The van der Waals surface area contributed by atoms with Gasteiger partial charge in [-0.05, 0) is 49.4 Å². The van der Waals surface area contributed by atoms with Crippen molar-refractivity contribution in [2.75, 3.05) is 0 Å². The number of hydrogen-bond donors (Lipinski definition) is 1. The number of nitrogens with one attached hydrogen (secondary N) is 1. The summed E-state index contributed by atoms with van der Waals surface area (Å²) in [6, 6.07) is 9.43. The van der Waals surface area contributed by atoms with Crippen molar-refractivity contribution in [1.29, 1.82) is 0 Å². The van der Waals surface area contributed by atoms with Crippen LogP contribution < -0.4 is 5.43 Å². The highest BCUT2D eigenvalue weighted by atomic mass is 35.5. The van der Waals surface area contributed by atoms with Gasteiger partial charge in [0.25, 0.3) is 5.91 Å². The van der Waals surface area contributed by atoms with Gasteiger partial charge in [-0.3, -0.25) is 4.79 Å². The molecule has 0 saturated heterocycles. The second-order valence-electron chi connectivity index (χ2n) is 5.96. The first-order valence-corrected chi connectivity index (χ1v) is 8.56. The van der Waals surface area contributed by atoms with Crippen LogP contribution in [-0.4, -0.2) is 21.9 Å². The highest BCUT2D eigenvalue weighted by molar-refractivity contribution is 6.32. The number of hydrazone groups is 1. The molecule has 0 radical (unpaired) electrons. The summed E-state index contributed by atoms with van der Waals surface area (Å²) < 4.78 is 52.8. The lowest BCUT2D eigenvalue weighted by Gasteiger charge is -2.09. The Labute approximate surface area is 167 Å². The van der Waals surface area contributed by atoms with Crippen LogP contribution in [0.3, 0.4) is 0 Å². The van der Waals surface area contributed by atoms with Gasteiger partial charge < -0.3 is 0 Å². The number of alkyl halides is 3. The zero-order valence-corrected chi connectivity index (χ0v) is 15.6. The van der Waals surface area contributed by atoms with Crippen LogP contribution in [0.1, 0.15) is 27.2 Å². The van der Waals surface area contributed by atoms with Crippen molar-refractivity contribution in [3.8, 4) is 5.69 Å². The van der Waals surface area contributed by atoms with Crippen molar-refractivity contribution < 1.29 is 22.4 Å². The van der Waals surface area contributed by atoms with Crippen LogP contribution in [0.25, 0.3) is 5.69 Å². The van der Waals surface area contributed by atoms with E-state index >= 15 is 0 Å². The zero-order valence-electron chi connectivity index (χ0n) is 14.8. The highest BCUT2D eigenvalue weighted by Gasteiger charge is 2.30. The maximum atomic E-state index is 12.9. The minimum Gasteiger partial charge on any atom is -0.267 e. The predicted molar refractivity (Wildman–Crippen MR) is 99.8 cm³/mol. The Morgan fingerprint density at radius 3 is 2.55 bits per heavy atom. The molecule has 2 aromatic carbocycles. The van der Waals surface area contributed by atoms with Gasteiger partial charge in [0, 0.05) is 5.56 Å². The van der Waals surface area contributed by atoms with Gasteiger partial charge in [-0.1, -0.05) is 17.7 Å². The van der Waals surface area contributed by atoms with E-state index in [2.05, 4.69) is 15.6 Å². The number of hydrogen-bond acceptors (Lipinski definition) is 3. The van der Waals surface area contributed by atoms with Gasteiger partial charge in [0.05, 0.1) is 28.7 Å². The zero-order chi connectivity index (χ0) is 21.2. The fourth-order valence-electron chi connectivity index (χ4n) is 2.46. The number of carbonyl (C=O) groups excluding carboxylic acids is 1. The van der Waals surface area contributed by atoms with E-state index < -0.39 is 23.5 Å². The molecule has 0 aliphatic carbocycles. The second kappa shape index (κ2) is 8.04. The summed E-state index contributed by atoms with van der Waals surface area (Å²) in [5, 5.41) is 7.96. The molecule has 1 N–H and O–H groups in total. The molecule has 29 heavy (non-hydrogen) atoms. The van der Waals surface area contributed by atoms with E-state index in [1.54, 1.807) is 6.92 Å². The maximum absolute atomic E-state index is 12.9. The number of aryl methyl sites for hydroxylation is 1. The molecule has 0 aliphatic heterocycles. The maximum Gasteiger partial charge on any atom is 0.416 e. The summed E-state index contributed by atoms with van der Waals surface area (Å²) in [6.45, 7) is 1.60. The van der Waals surface area contributed by atoms with Gasteiger partial charge in [0.1, 0.15) is 11.0 Å². The van der Waals surface area contributed by atoms with E-state index in [0.717, 1.165) is 28.9 Å².